The SMILES string of the molecule is O=S(=O)(c1cc(Cl)cc(Cl)c1)N1CCOC(CCl)C1. The minimum atomic E-state index is -3.62. The van der Waals surface area contributed by atoms with Gasteiger partial charge in [-0.25, -0.2) is 8.42 Å². The lowest BCUT2D eigenvalue weighted by molar-refractivity contribution is 0.0122. The predicted molar refractivity (Wildman–Crippen MR) is 75.7 cm³/mol. The lowest BCUT2D eigenvalue weighted by Gasteiger charge is -2.31. The minimum absolute atomic E-state index is 0.0835. The average molecular weight is 345 g/mol. The molecular weight excluding hydrogens is 333 g/mol. The van der Waals surface area contributed by atoms with Crippen LogP contribution < -0.4 is 0 Å². The Bertz CT molecular complexity index is 544. The van der Waals surface area contributed by atoms with Crippen LogP contribution in [0.25, 0.3) is 0 Å². The molecule has 1 unspecified atom stereocenters. The molecule has 8 heteroatoms. The minimum Gasteiger partial charge on any atom is -0.374 e. The van der Waals surface area contributed by atoms with Crippen LogP contribution in [-0.4, -0.2) is 44.4 Å². The molecule has 0 aliphatic carbocycles. The first-order valence-electron chi connectivity index (χ1n) is 5.57. The van der Waals surface area contributed by atoms with Gasteiger partial charge in [-0.1, -0.05) is 23.2 Å². The van der Waals surface area contributed by atoms with E-state index < -0.39 is 10.0 Å². The molecule has 0 N–H and O–H groups in total. The van der Waals surface area contributed by atoms with Gasteiger partial charge in [0.1, 0.15) is 0 Å². The van der Waals surface area contributed by atoms with Crippen LogP contribution in [0.4, 0.5) is 0 Å². The van der Waals surface area contributed by atoms with E-state index in [9.17, 15) is 8.42 Å². The standard InChI is InChI=1S/C11H12Cl3NO3S/c12-6-10-7-15(1-2-18-10)19(16,17)11-4-8(13)3-9(14)5-11/h3-5,10H,1-2,6-7H2. The molecule has 1 aromatic carbocycles. The van der Waals surface area contributed by atoms with Crippen molar-refractivity contribution in [1.82, 2.24) is 4.31 Å². The quantitative estimate of drug-likeness (QED) is 0.792. The molecule has 2 rings (SSSR count). The molecule has 1 fully saturated rings. The second-order valence-corrected chi connectivity index (χ2v) is 7.23. The smallest absolute Gasteiger partial charge is 0.243 e. The molecule has 1 aromatic rings. The summed E-state index contributed by atoms with van der Waals surface area (Å²) < 4.78 is 31.6. The first-order chi connectivity index (χ1) is 8.93. The van der Waals surface area contributed by atoms with E-state index in [1.165, 1.54) is 22.5 Å². The highest BCUT2D eigenvalue weighted by molar-refractivity contribution is 7.89. The van der Waals surface area contributed by atoms with E-state index in [1.54, 1.807) is 0 Å². The molecule has 0 aromatic heterocycles. The van der Waals surface area contributed by atoms with Crippen molar-refractivity contribution < 1.29 is 13.2 Å². The zero-order chi connectivity index (χ0) is 14.0. The fourth-order valence-electron chi connectivity index (χ4n) is 1.83. The Morgan fingerprint density at radius 1 is 1.26 bits per heavy atom. The van der Waals surface area contributed by atoms with Crippen molar-refractivity contribution in [2.75, 3.05) is 25.6 Å². The molecule has 0 spiro atoms. The van der Waals surface area contributed by atoms with Crippen molar-refractivity contribution in [2.24, 2.45) is 0 Å². The third kappa shape index (κ3) is 3.54. The fraction of sp³-hybridized carbons (Fsp3) is 0.455. The largest absolute Gasteiger partial charge is 0.374 e. The van der Waals surface area contributed by atoms with Gasteiger partial charge in [0.25, 0.3) is 0 Å². The van der Waals surface area contributed by atoms with E-state index in [0.717, 1.165) is 0 Å². The summed E-state index contributed by atoms with van der Waals surface area (Å²) in [5.74, 6) is 0.252. The Kier molecular flexibility index (Phi) is 4.98. The number of alkyl halides is 1. The molecule has 0 bridgehead atoms. The Labute approximate surface area is 127 Å². The number of morpholine rings is 1. The van der Waals surface area contributed by atoms with Crippen molar-refractivity contribution in [3.63, 3.8) is 0 Å². The molecule has 0 saturated carbocycles. The third-order valence-corrected chi connectivity index (χ3v) is 5.37. The van der Waals surface area contributed by atoms with Crippen LogP contribution >= 0.6 is 34.8 Å². The Morgan fingerprint density at radius 2 is 1.89 bits per heavy atom. The number of benzene rings is 1. The van der Waals surface area contributed by atoms with Crippen LogP contribution in [0.3, 0.4) is 0 Å². The monoisotopic (exact) mass is 343 g/mol. The Morgan fingerprint density at radius 3 is 2.47 bits per heavy atom. The van der Waals surface area contributed by atoms with Gasteiger partial charge < -0.3 is 4.74 Å². The van der Waals surface area contributed by atoms with E-state index in [0.29, 0.717) is 13.2 Å². The van der Waals surface area contributed by atoms with Gasteiger partial charge in [-0.05, 0) is 18.2 Å². The highest BCUT2D eigenvalue weighted by atomic mass is 35.5. The van der Waals surface area contributed by atoms with Crippen molar-refractivity contribution in [3.05, 3.63) is 28.2 Å². The molecule has 106 valence electrons. The van der Waals surface area contributed by atoms with Crippen LogP contribution in [0, 0.1) is 0 Å². The van der Waals surface area contributed by atoms with Crippen LogP contribution in [0.15, 0.2) is 23.1 Å². The highest BCUT2D eigenvalue weighted by Gasteiger charge is 2.30. The number of nitrogens with zero attached hydrogens (tertiary/aromatic N) is 1. The van der Waals surface area contributed by atoms with E-state index >= 15 is 0 Å². The zero-order valence-corrected chi connectivity index (χ0v) is 12.9. The van der Waals surface area contributed by atoms with Gasteiger partial charge in [0.05, 0.1) is 17.6 Å². The number of rotatable bonds is 3. The van der Waals surface area contributed by atoms with Gasteiger partial charge in [0.2, 0.25) is 10.0 Å². The van der Waals surface area contributed by atoms with Gasteiger partial charge in [-0.15, -0.1) is 11.6 Å². The predicted octanol–water partition coefficient (Wildman–Crippen LogP) is 2.62. The highest BCUT2D eigenvalue weighted by Crippen LogP contribution is 2.25. The van der Waals surface area contributed by atoms with Gasteiger partial charge in [-0.3, -0.25) is 0 Å². The molecule has 1 atom stereocenters. The third-order valence-electron chi connectivity index (χ3n) is 2.75. The normalized spacial score (nSPS) is 21.5. The molecule has 0 amide bonds. The maximum atomic E-state index is 12.5. The van der Waals surface area contributed by atoms with Crippen molar-refractivity contribution in [3.8, 4) is 0 Å². The van der Waals surface area contributed by atoms with Crippen molar-refractivity contribution in [1.29, 1.82) is 0 Å². The number of hydrogen-bond donors (Lipinski definition) is 0. The summed E-state index contributed by atoms with van der Waals surface area (Å²) >= 11 is 17.4. The Balaban J connectivity index is 2.31. The molecule has 1 aliphatic heterocycles. The van der Waals surface area contributed by atoms with Gasteiger partial charge >= 0.3 is 0 Å². The molecule has 0 radical (unpaired) electrons. The zero-order valence-electron chi connectivity index (χ0n) is 9.85. The fourth-order valence-corrected chi connectivity index (χ4v) is 4.20. The first-order valence-corrected chi connectivity index (χ1v) is 8.30. The second kappa shape index (κ2) is 6.16. The van der Waals surface area contributed by atoms with E-state index in [-0.39, 0.29) is 33.5 Å². The summed E-state index contributed by atoms with van der Waals surface area (Å²) in [5.41, 5.74) is 0. The summed E-state index contributed by atoms with van der Waals surface area (Å²) in [7, 11) is -3.62. The van der Waals surface area contributed by atoms with Crippen LogP contribution in [0.5, 0.6) is 0 Å². The maximum Gasteiger partial charge on any atom is 0.243 e. The van der Waals surface area contributed by atoms with E-state index in [1.807, 2.05) is 0 Å². The molecular formula is C11H12Cl3NO3S. The van der Waals surface area contributed by atoms with Gasteiger partial charge in [0, 0.05) is 29.0 Å². The second-order valence-electron chi connectivity index (χ2n) is 4.12. The van der Waals surface area contributed by atoms with Gasteiger partial charge in [-0.2, -0.15) is 4.31 Å². The summed E-state index contributed by atoms with van der Waals surface area (Å²) in [6.45, 7) is 0.848. The summed E-state index contributed by atoms with van der Waals surface area (Å²) in [6, 6.07) is 4.25. The van der Waals surface area contributed by atoms with Gasteiger partial charge in [0.15, 0.2) is 0 Å². The molecule has 1 heterocycles. The van der Waals surface area contributed by atoms with Crippen LogP contribution in [-0.2, 0) is 14.8 Å². The summed E-state index contributed by atoms with van der Waals surface area (Å²) in [4.78, 5) is 0.0835. The number of ether oxygens (including phenoxy) is 1. The van der Waals surface area contributed by atoms with Crippen molar-refractivity contribution in [2.45, 2.75) is 11.0 Å². The average Bonchev–Trinajstić information content (AvgIpc) is 2.37. The first kappa shape index (κ1) is 15.4. The lowest BCUT2D eigenvalue weighted by Crippen LogP contribution is -2.46. The Hall–Kier alpha value is -0.0400. The molecule has 4 nitrogen and oxygen atoms in total. The van der Waals surface area contributed by atoms with Crippen molar-refractivity contribution >= 4 is 44.8 Å². The number of sulfonamides is 1. The number of halogens is 3. The summed E-state index contributed by atoms with van der Waals surface area (Å²) in [5, 5.41) is 0.571. The lowest BCUT2D eigenvalue weighted by atomic mass is 10.3. The topological polar surface area (TPSA) is 46.6 Å². The van der Waals surface area contributed by atoms with Crippen LogP contribution in [0.2, 0.25) is 10.0 Å². The molecule has 19 heavy (non-hydrogen) atoms. The molecule has 1 aliphatic rings. The van der Waals surface area contributed by atoms with E-state index in [2.05, 4.69) is 0 Å². The van der Waals surface area contributed by atoms with E-state index in [4.69, 9.17) is 39.5 Å². The number of hydrogen-bond acceptors (Lipinski definition) is 3. The maximum absolute atomic E-state index is 12.5. The molecule has 1 saturated heterocycles. The van der Waals surface area contributed by atoms with Crippen LogP contribution in [0.1, 0.15) is 0 Å². The summed E-state index contributed by atoms with van der Waals surface area (Å²) in [6.07, 6.45) is -0.292.